The van der Waals surface area contributed by atoms with Gasteiger partial charge in [-0.05, 0) is 54.7 Å². The molecule has 10 nitrogen and oxygen atoms in total. The van der Waals surface area contributed by atoms with E-state index in [2.05, 4.69) is 20.6 Å². The van der Waals surface area contributed by atoms with Crippen molar-refractivity contribution in [1.29, 1.82) is 0 Å². The number of benzene rings is 2. The fourth-order valence-electron chi connectivity index (χ4n) is 5.69. The van der Waals surface area contributed by atoms with Crippen molar-refractivity contribution in [3.63, 3.8) is 0 Å². The number of aliphatic imine (C=N–C) groups is 2. The molecule has 0 bridgehead atoms. The van der Waals surface area contributed by atoms with Crippen LogP contribution >= 0.6 is 0 Å². The summed E-state index contributed by atoms with van der Waals surface area (Å²) < 4.78 is 0. The van der Waals surface area contributed by atoms with Gasteiger partial charge in [-0.3, -0.25) is 29.2 Å². The molecule has 2 saturated heterocycles. The predicted molar refractivity (Wildman–Crippen MR) is 155 cm³/mol. The first kappa shape index (κ1) is 26.4. The van der Waals surface area contributed by atoms with Crippen molar-refractivity contribution in [2.75, 3.05) is 26.2 Å². The van der Waals surface area contributed by atoms with Crippen molar-refractivity contribution in [3.8, 4) is 0 Å². The van der Waals surface area contributed by atoms with Crippen LogP contribution < -0.4 is 10.6 Å². The Kier molecular flexibility index (Phi) is 7.28. The third-order valence-electron chi connectivity index (χ3n) is 7.80. The molecule has 0 unspecified atom stereocenters. The van der Waals surface area contributed by atoms with E-state index in [0.717, 1.165) is 11.1 Å². The lowest BCUT2D eigenvalue weighted by Gasteiger charge is -2.20. The van der Waals surface area contributed by atoms with Crippen LogP contribution in [0.5, 0.6) is 0 Å². The maximum absolute atomic E-state index is 13.0. The van der Waals surface area contributed by atoms with Crippen molar-refractivity contribution >= 4 is 47.4 Å². The minimum Gasteiger partial charge on any atom is -0.352 e. The quantitative estimate of drug-likeness (QED) is 0.424. The summed E-state index contributed by atoms with van der Waals surface area (Å²) in [7, 11) is 0. The van der Waals surface area contributed by atoms with Crippen LogP contribution in [0.4, 0.5) is 11.4 Å². The van der Waals surface area contributed by atoms with Gasteiger partial charge in [0.2, 0.25) is 11.8 Å². The first-order valence-electron chi connectivity index (χ1n) is 13.8. The zero-order valence-corrected chi connectivity index (χ0v) is 22.5. The molecule has 4 amide bonds. The summed E-state index contributed by atoms with van der Waals surface area (Å²) >= 11 is 0. The molecule has 4 heterocycles. The van der Waals surface area contributed by atoms with Gasteiger partial charge in [0.1, 0.15) is 0 Å². The van der Waals surface area contributed by atoms with E-state index < -0.39 is 0 Å². The van der Waals surface area contributed by atoms with Crippen LogP contribution in [-0.4, -0.2) is 84.1 Å². The zero-order chi connectivity index (χ0) is 28.3. The molecule has 0 saturated carbocycles. The summed E-state index contributed by atoms with van der Waals surface area (Å²) in [4.78, 5) is 63.5. The van der Waals surface area contributed by atoms with Crippen LogP contribution in [-0.2, 0) is 9.59 Å². The molecule has 208 valence electrons. The molecule has 0 radical (unpaired) electrons. The highest BCUT2D eigenvalue weighted by Crippen LogP contribution is 2.32. The third-order valence-corrected chi connectivity index (χ3v) is 7.80. The summed E-state index contributed by atoms with van der Waals surface area (Å²) in [6, 6.07) is 13.8. The molecule has 2 aromatic carbocycles. The van der Waals surface area contributed by atoms with Crippen molar-refractivity contribution < 1.29 is 19.2 Å². The van der Waals surface area contributed by atoms with Crippen LogP contribution in [0, 0.1) is 0 Å². The summed E-state index contributed by atoms with van der Waals surface area (Å²) in [6.07, 6.45) is 8.37. The van der Waals surface area contributed by atoms with E-state index in [1.165, 1.54) is 0 Å². The standard InChI is InChI=1S/C31H30N6O4/c38-28(16-20-10-14-36-26(20)18-34-24-8-3-1-6-22(24)30(36)40)32-12-5-13-33-29(39)17-21-11-15-37-27(21)19-35-25-9-4-2-7-23(25)31(37)41/h1-4,6-9,16-19,26-27H,5,10-15H2,(H,32,38)(H,33,39)/b20-16+,21-17+/t26-,27-/m1/s1. The number of nitrogens with zero attached hydrogens (tertiary/aromatic N) is 4. The van der Waals surface area contributed by atoms with Crippen molar-refractivity contribution in [1.82, 2.24) is 20.4 Å². The number of hydrogen-bond donors (Lipinski definition) is 2. The zero-order valence-electron chi connectivity index (χ0n) is 22.5. The predicted octanol–water partition coefficient (Wildman–Crippen LogP) is 2.72. The highest BCUT2D eigenvalue weighted by atomic mass is 16.2. The second-order valence-corrected chi connectivity index (χ2v) is 10.4. The minimum atomic E-state index is -0.331. The van der Waals surface area contributed by atoms with Gasteiger partial charge in [0.15, 0.2) is 0 Å². The molecule has 4 aliphatic rings. The van der Waals surface area contributed by atoms with Crippen molar-refractivity contribution in [2.24, 2.45) is 9.98 Å². The minimum absolute atomic E-state index is 0.0778. The van der Waals surface area contributed by atoms with Crippen LogP contribution in [0.15, 0.2) is 81.8 Å². The number of fused-ring (bicyclic) bond motifs is 4. The van der Waals surface area contributed by atoms with E-state index >= 15 is 0 Å². The van der Waals surface area contributed by atoms with Crippen LogP contribution in [0.3, 0.4) is 0 Å². The van der Waals surface area contributed by atoms with Gasteiger partial charge in [-0.25, -0.2) is 0 Å². The van der Waals surface area contributed by atoms with Gasteiger partial charge < -0.3 is 20.4 Å². The van der Waals surface area contributed by atoms with E-state index in [0.29, 0.717) is 67.9 Å². The SMILES string of the molecule is O=C(/C=C1\CCN2C(=O)c3ccccc3N=C[C@H]12)NCCCNC(=O)/C=C1\CCN2C(=O)c3ccccc3N=C[C@H]12. The number of para-hydroxylation sites is 2. The Balaban J connectivity index is 0.973. The van der Waals surface area contributed by atoms with Gasteiger partial charge >= 0.3 is 0 Å². The van der Waals surface area contributed by atoms with Gasteiger partial charge in [0.25, 0.3) is 11.8 Å². The molecule has 0 aromatic heterocycles. The van der Waals surface area contributed by atoms with E-state index in [9.17, 15) is 19.2 Å². The normalized spacial score (nSPS) is 22.6. The summed E-state index contributed by atoms with van der Waals surface area (Å²) in [5.41, 5.74) is 4.12. The monoisotopic (exact) mass is 550 g/mol. The van der Waals surface area contributed by atoms with E-state index in [4.69, 9.17) is 0 Å². The Bertz CT molecular complexity index is 1430. The maximum atomic E-state index is 13.0. The van der Waals surface area contributed by atoms with Crippen LogP contribution in [0.1, 0.15) is 40.0 Å². The molecular weight excluding hydrogens is 520 g/mol. The fraction of sp³-hybridized carbons (Fsp3) is 0.290. The molecule has 0 spiro atoms. The lowest BCUT2D eigenvalue weighted by Crippen LogP contribution is -2.36. The average Bonchev–Trinajstić information content (AvgIpc) is 3.49. The van der Waals surface area contributed by atoms with Crippen molar-refractivity contribution in [3.05, 3.63) is 83.0 Å². The van der Waals surface area contributed by atoms with Crippen molar-refractivity contribution in [2.45, 2.75) is 31.3 Å². The Morgan fingerprint density at radius 3 is 1.63 bits per heavy atom. The lowest BCUT2D eigenvalue weighted by molar-refractivity contribution is -0.116. The average molecular weight is 551 g/mol. The van der Waals surface area contributed by atoms with Gasteiger partial charge in [-0.15, -0.1) is 0 Å². The largest absolute Gasteiger partial charge is 0.352 e. The Morgan fingerprint density at radius 1 is 0.732 bits per heavy atom. The van der Waals surface area contributed by atoms with Gasteiger partial charge in [-0.1, -0.05) is 24.3 Å². The van der Waals surface area contributed by atoms with Crippen LogP contribution in [0.25, 0.3) is 0 Å². The molecule has 10 heteroatoms. The molecule has 2 fully saturated rings. The van der Waals surface area contributed by atoms with Gasteiger partial charge in [0.05, 0.1) is 34.6 Å². The van der Waals surface area contributed by atoms with E-state index in [-0.39, 0.29) is 35.7 Å². The first-order valence-corrected chi connectivity index (χ1v) is 13.8. The number of rotatable bonds is 6. The molecule has 4 aliphatic heterocycles. The molecule has 6 rings (SSSR count). The van der Waals surface area contributed by atoms with E-state index in [1.54, 1.807) is 46.5 Å². The highest BCUT2D eigenvalue weighted by molar-refractivity contribution is 6.05. The number of carbonyl (C=O) groups excluding carboxylic acids is 4. The second-order valence-electron chi connectivity index (χ2n) is 10.4. The molecular formula is C31H30N6O4. The number of carbonyl (C=O) groups is 4. The molecule has 2 N–H and O–H groups in total. The smallest absolute Gasteiger partial charge is 0.256 e. The third kappa shape index (κ3) is 5.32. The second kappa shape index (κ2) is 11.3. The van der Waals surface area contributed by atoms with Gasteiger partial charge in [-0.2, -0.15) is 0 Å². The Hall–Kier alpha value is -4.86. The number of nitrogens with one attached hydrogen (secondary N) is 2. The summed E-state index contributed by atoms with van der Waals surface area (Å²) in [5, 5.41) is 5.72. The molecule has 0 aliphatic carbocycles. The van der Waals surface area contributed by atoms with E-state index in [1.807, 2.05) is 36.4 Å². The number of hydrogen-bond acceptors (Lipinski definition) is 6. The maximum Gasteiger partial charge on any atom is 0.256 e. The fourth-order valence-corrected chi connectivity index (χ4v) is 5.69. The number of amides is 4. The Morgan fingerprint density at radius 2 is 1.17 bits per heavy atom. The lowest BCUT2D eigenvalue weighted by atomic mass is 10.1. The topological polar surface area (TPSA) is 124 Å². The van der Waals surface area contributed by atoms with Crippen LogP contribution in [0.2, 0.25) is 0 Å². The van der Waals surface area contributed by atoms with Gasteiger partial charge in [0, 0.05) is 50.8 Å². The molecule has 2 aromatic rings. The Labute approximate surface area is 237 Å². The first-order chi connectivity index (χ1) is 20.0. The molecule has 2 atom stereocenters. The summed E-state index contributed by atoms with van der Waals surface area (Å²) in [6.45, 7) is 1.86. The highest BCUT2D eigenvalue weighted by Gasteiger charge is 2.36. The molecule has 41 heavy (non-hydrogen) atoms. The summed E-state index contributed by atoms with van der Waals surface area (Å²) in [5.74, 6) is -0.624.